The molecule has 0 aliphatic carbocycles. The van der Waals surface area contributed by atoms with E-state index in [0.717, 1.165) is 12.1 Å². The summed E-state index contributed by atoms with van der Waals surface area (Å²) in [5.41, 5.74) is -13.1. The minimum atomic E-state index is -6.18. The summed E-state index contributed by atoms with van der Waals surface area (Å²) in [6.07, 6.45) is 0. The van der Waals surface area contributed by atoms with Crippen LogP contribution in [0.1, 0.15) is 0 Å². The number of ether oxygens (including phenoxy) is 2. The standard InChI is InChI=1S/C38H24F6N4O10S2/c39-37(40,41)59(53,54)35-21-31(47(49)50)29(45-25-7-3-1-4-8-25)19-33(35)57-27-15-11-23(12-16-27)24-13-17-28(18-14-24)58-34-20-30(46-26-9-5-2-6-10-26)32(48(51)52)22-36(34)60(55,56)38(42,43)44/h1-22,45-46H. The smallest absolute Gasteiger partial charge is 0.456 e. The van der Waals surface area contributed by atoms with Crippen LogP contribution < -0.4 is 20.1 Å². The van der Waals surface area contributed by atoms with E-state index in [1.165, 1.54) is 72.8 Å². The molecule has 0 atom stereocenters. The van der Waals surface area contributed by atoms with Gasteiger partial charge in [0.1, 0.15) is 44.2 Å². The van der Waals surface area contributed by atoms with Gasteiger partial charge in [-0.1, -0.05) is 60.7 Å². The molecule has 0 amide bonds. The highest BCUT2D eigenvalue weighted by Crippen LogP contribution is 2.45. The Balaban J connectivity index is 1.31. The first kappa shape index (κ1) is 42.4. The molecule has 0 unspecified atom stereocenters. The number of nitro benzene ring substituents is 2. The topological polar surface area (TPSA) is 197 Å². The van der Waals surface area contributed by atoms with E-state index in [2.05, 4.69) is 10.6 Å². The molecule has 0 spiro atoms. The van der Waals surface area contributed by atoms with E-state index in [0.29, 0.717) is 11.1 Å². The molecule has 0 heterocycles. The van der Waals surface area contributed by atoms with Crippen molar-refractivity contribution in [2.24, 2.45) is 0 Å². The van der Waals surface area contributed by atoms with Crippen LogP contribution in [-0.4, -0.2) is 37.7 Å². The molecule has 0 saturated heterocycles. The molecule has 0 aliphatic rings. The van der Waals surface area contributed by atoms with E-state index >= 15 is 0 Å². The first-order chi connectivity index (χ1) is 28.2. The van der Waals surface area contributed by atoms with Crippen LogP contribution in [0.25, 0.3) is 11.1 Å². The molecule has 22 heteroatoms. The summed E-state index contributed by atoms with van der Waals surface area (Å²) in [4.78, 5) is 18.5. The monoisotopic (exact) mass is 874 g/mol. The summed E-state index contributed by atoms with van der Waals surface area (Å²) in [6, 6.07) is 28.0. The maximum Gasteiger partial charge on any atom is 0.502 e. The first-order valence-electron chi connectivity index (χ1n) is 16.6. The van der Waals surface area contributed by atoms with Gasteiger partial charge in [-0.25, -0.2) is 16.8 Å². The molecule has 6 aromatic carbocycles. The Morgan fingerprint density at radius 1 is 0.483 bits per heavy atom. The van der Waals surface area contributed by atoms with Crippen molar-refractivity contribution in [2.75, 3.05) is 10.6 Å². The van der Waals surface area contributed by atoms with E-state index in [1.807, 2.05) is 0 Å². The Bertz CT molecular complexity index is 2620. The Kier molecular flexibility index (Phi) is 11.5. The van der Waals surface area contributed by atoms with Crippen molar-refractivity contribution in [1.82, 2.24) is 0 Å². The second-order valence-electron chi connectivity index (χ2n) is 12.3. The molecule has 14 nitrogen and oxygen atoms in total. The van der Waals surface area contributed by atoms with Gasteiger partial charge < -0.3 is 20.1 Å². The van der Waals surface area contributed by atoms with Gasteiger partial charge in [0, 0.05) is 35.6 Å². The van der Waals surface area contributed by atoms with E-state index in [4.69, 9.17) is 9.47 Å². The fraction of sp³-hybridized carbons (Fsp3) is 0.0526. The molecule has 0 saturated carbocycles. The van der Waals surface area contributed by atoms with Crippen molar-refractivity contribution in [2.45, 2.75) is 20.8 Å². The summed E-state index contributed by atoms with van der Waals surface area (Å²) >= 11 is 0. The van der Waals surface area contributed by atoms with Crippen LogP contribution in [0.3, 0.4) is 0 Å². The molecule has 0 aromatic heterocycles. The van der Waals surface area contributed by atoms with Gasteiger partial charge in [0.25, 0.3) is 31.0 Å². The Morgan fingerprint density at radius 2 is 0.800 bits per heavy atom. The second-order valence-corrected chi connectivity index (χ2v) is 16.1. The molecule has 0 radical (unpaired) electrons. The fourth-order valence-electron chi connectivity index (χ4n) is 5.47. The number of hydrogen-bond donors (Lipinski definition) is 2. The largest absolute Gasteiger partial charge is 0.502 e. The lowest BCUT2D eigenvalue weighted by molar-refractivity contribution is -0.384. The molecular formula is C38H24F6N4O10S2. The molecule has 310 valence electrons. The number of anilines is 4. The van der Waals surface area contributed by atoms with Gasteiger partial charge in [0.15, 0.2) is 0 Å². The van der Waals surface area contributed by atoms with Gasteiger partial charge in [-0.15, -0.1) is 0 Å². The van der Waals surface area contributed by atoms with Gasteiger partial charge >= 0.3 is 11.0 Å². The Hall–Kier alpha value is -7.20. The minimum absolute atomic E-state index is 0.201. The lowest BCUT2D eigenvalue weighted by Gasteiger charge is -2.17. The SMILES string of the molecule is O=[N+]([O-])c1cc(S(=O)(=O)C(F)(F)F)c(Oc2ccc(-c3ccc(Oc4cc(Nc5ccccc5)c([N+](=O)[O-])cc4S(=O)(=O)C(F)(F)F)cc3)cc2)cc1Nc1ccccc1. The highest BCUT2D eigenvalue weighted by atomic mass is 32.2. The maximum atomic E-state index is 13.7. The summed E-state index contributed by atoms with van der Waals surface area (Å²) in [5, 5.41) is 29.0. The van der Waals surface area contributed by atoms with Crippen molar-refractivity contribution in [3.8, 4) is 34.1 Å². The third-order valence-electron chi connectivity index (χ3n) is 8.31. The molecule has 6 aromatic rings. The zero-order valence-electron chi connectivity index (χ0n) is 29.8. The van der Waals surface area contributed by atoms with Gasteiger partial charge in [0.2, 0.25) is 0 Å². The maximum absolute atomic E-state index is 13.7. The van der Waals surface area contributed by atoms with Crippen molar-refractivity contribution >= 4 is 53.8 Å². The lowest BCUT2D eigenvalue weighted by Crippen LogP contribution is -2.24. The van der Waals surface area contributed by atoms with E-state index in [9.17, 15) is 63.4 Å². The highest BCUT2D eigenvalue weighted by Gasteiger charge is 2.50. The van der Waals surface area contributed by atoms with Gasteiger partial charge in [-0.2, -0.15) is 26.3 Å². The van der Waals surface area contributed by atoms with Crippen LogP contribution in [0.15, 0.2) is 143 Å². The molecule has 6 rings (SSSR count). The average Bonchev–Trinajstić information content (AvgIpc) is 3.18. The summed E-state index contributed by atoms with van der Waals surface area (Å²) in [7, 11) is -12.4. The van der Waals surface area contributed by atoms with Crippen molar-refractivity contribution < 1.29 is 62.5 Å². The number of nitrogens with zero attached hydrogens (tertiary/aromatic N) is 2. The van der Waals surface area contributed by atoms with Crippen LogP contribution in [0.5, 0.6) is 23.0 Å². The highest BCUT2D eigenvalue weighted by molar-refractivity contribution is 7.92. The Labute approximate surface area is 334 Å². The number of nitrogens with one attached hydrogen (secondary N) is 2. The van der Waals surface area contributed by atoms with Crippen LogP contribution in [0.2, 0.25) is 0 Å². The molecule has 0 bridgehead atoms. The number of hydrogen-bond acceptors (Lipinski definition) is 12. The zero-order chi connectivity index (χ0) is 43.6. The predicted molar refractivity (Wildman–Crippen MR) is 204 cm³/mol. The van der Waals surface area contributed by atoms with Crippen LogP contribution in [0.4, 0.5) is 60.5 Å². The number of halogens is 6. The quantitative estimate of drug-likeness (QED) is 0.0633. The van der Waals surface area contributed by atoms with E-state index in [1.54, 1.807) is 36.4 Å². The summed E-state index contributed by atoms with van der Waals surface area (Å²) < 4.78 is 144. The molecular weight excluding hydrogens is 851 g/mol. The van der Waals surface area contributed by atoms with E-state index < -0.39 is 73.2 Å². The number of rotatable bonds is 13. The van der Waals surface area contributed by atoms with Gasteiger partial charge in [-0.3, -0.25) is 20.2 Å². The average molecular weight is 875 g/mol. The predicted octanol–water partition coefficient (Wildman–Crippen LogP) is 10.8. The number of sulfone groups is 2. The Morgan fingerprint density at radius 3 is 1.08 bits per heavy atom. The fourth-order valence-corrected chi connectivity index (χ4v) is 7.23. The third-order valence-corrected chi connectivity index (χ3v) is 11.3. The van der Waals surface area contributed by atoms with Crippen LogP contribution in [-0.2, 0) is 19.7 Å². The van der Waals surface area contributed by atoms with Crippen LogP contribution in [0, 0.1) is 20.2 Å². The normalized spacial score (nSPS) is 12.0. The molecule has 2 N–H and O–H groups in total. The molecule has 0 aliphatic heterocycles. The summed E-state index contributed by atoms with van der Waals surface area (Å²) in [6.45, 7) is 0. The van der Waals surface area contributed by atoms with Crippen molar-refractivity contribution in [1.29, 1.82) is 0 Å². The third kappa shape index (κ3) is 8.93. The zero-order valence-corrected chi connectivity index (χ0v) is 31.4. The van der Waals surface area contributed by atoms with Crippen molar-refractivity contribution in [3.05, 3.63) is 154 Å². The van der Waals surface area contributed by atoms with E-state index in [-0.39, 0.29) is 46.4 Å². The van der Waals surface area contributed by atoms with Crippen LogP contribution >= 0.6 is 0 Å². The number of benzene rings is 6. The summed E-state index contributed by atoms with van der Waals surface area (Å²) in [5.74, 6) is -2.20. The van der Waals surface area contributed by atoms with Gasteiger partial charge in [-0.05, 0) is 59.7 Å². The second kappa shape index (κ2) is 16.2. The van der Waals surface area contributed by atoms with Gasteiger partial charge in [0.05, 0.1) is 9.85 Å². The number of para-hydroxylation sites is 2. The molecule has 0 fully saturated rings. The minimum Gasteiger partial charge on any atom is -0.456 e. The lowest BCUT2D eigenvalue weighted by atomic mass is 10.1. The van der Waals surface area contributed by atoms with Crippen molar-refractivity contribution in [3.63, 3.8) is 0 Å². The molecule has 60 heavy (non-hydrogen) atoms. The number of alkyl halides is 6. The first-order valence-corrected chi connectivity index (χ1v) is 19.6. The number of nitro groups is 2.